The molecule has 2 saturated heterocycles. The van der Waals surface area contributed by atoms with Gasteiger partial charge < -0.3 is 34.3 Å². The SMILES string of the molecule is COCC(=O)N1CCOC(CCNc2ccc(S(=O)(=O)NC(=O)c3ccc(N4CCN(CC5=C(c6ccc(C(F)(F)F)cc6Cl)CC(C)(C)CC5)CC4)cc3Oc3cnc4[nH]ccc4c3)cc2[N+](=O)[O-])C1. The van der Waals surface area contributed by atoms with Crippen LogP contribution < -0.4 is 19.7 Å². The molecule has 3 aliphatic rings. The van der Waals surface area contributed by atoms with Crippen molar-refractivity contribution >= 4 is 67.1 Å². The Morgan fingerprint density at radius 1 is 1.04 bits per heavy atom. The van der Waals surface area contributed by atoms with Crippen molar-refractivity contribution in [3.8, 4) is 11.5 Å². The number of nitrogens with zero attached hydrogens (tertiary/aromatic N) is 5. The van der Waals surface area contributed by atoms with E-state index in [-0.39, 0.29) is 58.4 Å². The summed E-state index contributed by atoms with van der Waals surface area (Å²) in [6, 6.07) is 15.1. The van der Waals surface area contributed by atoms with Gasteiger partial charge in [0.1, 0.15) is 29.4 Å². The predicted molar refractivity (Wildman–Crippen MR) is 261 cm³/mol. The van der Waals surface area contributed by atoms with Crippen molar-refractivity contribution in [2.45, 2.75) is 56.7 Å². The number of aromatic amines is 1. The van der Waals surface area contributed by atoms with Crippen molar-refractivity contribution in [1.29, 1.82) is 0 Å². The number of methoxy groups -OCH3 is 1. The molecule has 3 N–H and O–H groups in total. The van der Waals surface area contributed by atoms with Crippen molar-refractivity contribution in [3.05, 3.63) is 117 Å². The van der Waals surface area contributed by atoms with Crippen LogP contribution in [0.4, 0.5) is 30.2 Å². The van der Waals surface area contributed by atoms with E-state index in [1.165, 1.54) is 31.5 Å². The number of halogens is 4. The number of anilines is 2. The number of sulfonamides is 1. The maximum Gasteiger partial charge on any atom is 0.416 e. The van der Waals surface area contributed by atoms with Crippen LogP contribution in [0.5, 0.6) is 11.5 Å². The third-order valence-electron chi connectivity index (χ3n) is 13.0. The minimum Gasteiger partial charge on any atom is -0.455 e. The normalized spacial score (nSPS) is 17.9. The molecule has 0 radical (unpaired) electrons. The molecule has 2 aliphatic heterocycles. The van der Waals surface area contributed by atoms with Gasteiger partial charge in [-0.05, 0) is 90.8 Å². The van der Waals surface area contributed by atoms with Crippen LogP contribution in [0.3, 0.4) is 0 Å². The quantitative estimate of drug-likeness (QED) is 0.0628. The molecule has 0 bridgehead atoms. The number of pyridine rings is 1. The van der Waals surface area contributed by atoms with Crippen molar-refractivity contribution in [1.82, 2.24) is 24.5 Å². The fourth-order valence-electron chi connectivity index (χ4n) is 9.16. The van der Waals surface area contributed by atoms with Gasteiger partial charge in [0.2, 0.25) is 5.91 Å². The second-order valence-corrected chi connectivity index (χ2v) is 20.7. The molecule has 1 aliphatic carbocycles. The Hall–Kier alpha value is -6.26. The summed E-state index contributed by atoms with van der Waals surface area (Å²) in [5.41, 5.74) is 2.56. The molecule has 5 aromatic rings. The number of alkyl halides is 3. The molecule has 4 heterocycles. The zero-order valence-electron chi connectivity index (χ0n) is 39.3. The number of aromatic nitrogens is 2. The van der Waals surface area contributed by atoms with Gasteiger partial charge in [0, 0.05) is 93.9 Å². The number of nitro groups is 1. The molecule has 0 spiro atoms. The maximum atomic E-state index is 14.0. The second kappa shape index (κ2) is 21.2. The van der Waals surface area contributed by atoms with Gasteiger partial charge in [0.05, 0.1) is 39.9 Å². The van der Waals surface area contributed by atoms with Crippen molar-refractivity contribution in [3.63, 3.8) is 0 Å². The van der Waals surface area contributed by atoms with E-state index >= 15 is 0 Å². The Morgan fingerprint density at radius 3 is 2.56 bits per heavy atom. The Kier molecular flexibility index (Phi) is 15.3. The number of fused-ring (bicyclic) bond motifs is 1. The Bertz CT molecular complexity index is 2960. The number of hydrogen-bond donors (Lipinski definition) is 3. The van der Waals surface area contributed by atoms with E-state index in [0.29, 0.717) is 82.2 Å². The number of morpholine rings is 1. The standard InChI is InChI=1S/C49H54ClF3N8O9S/c1-48(2)13-10-32(40(26-48)38-7-4-33(23-41(38)50)49(51,52)53)28-58-16-18-59(19-17-58)34-5-8-39(44(24-34)70-36-22-31-11-14-55-46(31)56-27-36)47(63)57-71(66,67)37-6-9-42(43(25-37)61(64)65)54-15-12-35-29-60(20-21-69-35)45(62)30-68-3/h4-9,11,14,22-25,27,35,54H,10,12-13,15-21,26,28-30H2,1-3H3,(H,55,56)(H,57,63). The topological polar surface area (TPSA) is 202 Å². The molecule has 378 valence electrons. The van der Waals surface area contributed by atoms with Gasteiger partial charge in [0.25, 0.3) is 21.6 Å². The summed E-state index contributed by atoms with van der Waals surface area (Å²) in [5.74, 6) is -0.918. The summed E-state index contributed by atoms with van der Waals surface area (Å²) < 4.78 is 87.2. The van der Waals surface area contributed by atoms with Crippen molar-refractivity contribution in [2.24, 2.45) is 5.41 Å². The maximum absolute atomic E-state index is 14.0. The number of carbonyl (C=O) groups is 2. The van der Waals surface area contributed by atoms with Crippen LogP contribution in [0, 0.1) is 15.5 Å². The number of piperazine rings is 1. The number of nitrogens with one attached hydrogen (secondary N) is 3. The van der Waals surface area contributed by atoms with Gasteiger partial charge in [-0.1, -0.05) is 37.1 Å². The molecule has 17 nitrogen and oxygen atoms in total. The lowest BCUT2D eigenvalue weighted by Gasteiger charge is -2.39. The van der Waals surface area contributed by atoms with E-state index < -0.39 is 43.2 Å². The summed E-state index contributed by atoms with van der Waals surface area (Å²) in [6.07, 6.45) is 1.10. The minimum atomic E-state index is -4.68. The minimum absolute atomic E-state index is 0.0287. The number of H-pyrrole nitrogens is 1. The molecule has 22 heteroatoms. The van der Waals surface area contributed by atoms with E-state index in [4.69, 9.17) is 25.8 Å². The summed E-state index contributed by atoms with van der Waals surface area (Å²) >= 11 is 6.54. The van der Waals surface area contributed by atoms with Crippen LogP contribution in [-0.4, -0.2) is 124 Å². The van der Waals surface area contributed by atoms with E-state index in [2.05, 4.69) is 43.7 Å². The van der Waals surface area contributed by atoms with Crippen LogP contribution in [0.15, 0.2) is 89.6 Å². The van der Waals surface area contributed by atoms with E-state index in [1.54, 1.807) is 35.4 Å². The van der Waals surface area contributed by atoms with Gasteiger partial charge in [-0.2, -0.15) is 13.2 Å². The Morgan fingerprint density at radius 2 is 1.83 bits per heavy atom. The number of allylic oxidation sites excluding steroid dienone is 1. The molecule has 1 atom stereocenters. The van der Waals surface area contributed by atoms with E-state index in [1.807, 2.05) is 0 Å². The number of benzene rings is 3. The molecule has 2 amide bonds. The van der Waals surface area contributed by atoms with Gasteiger partial charge in [0.15, 0.2) is 0 Å². The van der Waals surface area contributed by atoms with Crippen molar-refractivity contribution < 1.29 is 50.3 Å². The highest BCUT2D eigenvalue weighted by Gasteiger charge is 2.34. The van der Waals surface area contributed by atoms with Gasteiger partial charge >= 0.3 is 6.18 Å². The molecular weight excluding hydrogens is 969 g/mol. The first-order valence-corrected chi connectivity index (χ1v) is 24.9. The van der Waals surface area contributed by atoms with Crippen LogP contribution >= 0.6 is 11.6 Å². The fraction of sp³-hybridized carbons (Fsp3) is 0.408. The highest BCUT2D eigenvalue weighted by Crippen LogP contribution is 2.46. The lowest BCUT2D eigenvalue weighted by atomic mass is 9.72. The lowest BCUT2D eigenvalue weighted by Crippen LogP contribution is -2.47. The fourth-order valence-corrected chi connectivity index (χ4v) is 10.4. The highest BCUT2D eigenvalue weighted by molar-refractivity contribution is 7.90. The first-order chi connectivity index (χ1) is 33.8. The largest absolute Gasteiger partial charge is 0.455 e. The average molecular weight is 1020 g/mol. The Balaban J connectivity index is 0.974. The zero-order chi connectivity index (χ0) is 50.7. The van der Waals surface area contributed by atoms with Gasteiger partial charge in [-0.3, -0.25) is 24.6 Å². The summed E-state index contributed by atoms with van der Waals surface area (Å²) in [6.45, 7) is 8.54. The predicted octanol–water partition coefficient (Wildman–Crippen LogP) is 8.52. The third kappa shape index (κ3) is 12.3. The third-order valence-corrected chi connectivity index (χ3v) is 14.7. The Labute approximate surface area is 413 Å². The van der Waals surface area contributed by atoms with Crippen molar-refractivity contribution in [2.75, 3.05) is 82.9 Å². The van der Waals surface area contributed by atoms with Crippen LogP contribution in [0.1, 0.15) is 61.0 Å². The van der Waals surface area contributed by atoms with Crippen LogP contribution in [0.2, 0.25) is 5.02 Å². The first-order valence-electron chi connectivity index (χ1n) is 23.0. The average Bonchev–Trinajstić information content (AvgIpc) is 3.80. The molecule has 8 rings (SSSR count). The summed E-state index contributed by atoms with van der Waals surface area (Å²) in [5, 5.41) is 16.0. The molecule has 2 aromatic heterocycles. The highest BCUT2D eigenvalue weighted by atomic mass is 35.5. The zero-order valence-corrected chi connectivity index (χ0v) is 40.9. The van der Waals surface area contributed by atoms with Gasteiger partial charge in [-0.15, -0.1) is 0 Å². The summed E-state index contributed by atoms with van der Waals surface area (Å²) in [7, 11) is -3.25. The lowest BCUT2D eigenvalue weighted by molar-refractivity contribution is -0.384. The molecule has 71 heavy (non-hydrogen) atoms. The number of nitro benzene ring substituents is 1. The number of amides is 2. The molecule has 2 fully saturated rings. The van der Waals surface area contributed by atoms with E-state index in [9.17, 15) is 41.3 Å². The second-order valence-electron chi connectivity index (χ2n) is 18.6. The number of ether oxygens (including phenoxy) is 3. The molecule has 1 unspecified atom stereocenters. The van der Waals surface area contributed by atoms with E-state index in [0.717, 1.165) is 53.6 Å². The molecule has 3 aromatic carbocycles. The number of carbonyl (C=O) groups excluding carboxylic acids is 2. The van der Waals surface area contributed by atoms with Crippen LogP contribution in [-0.2, 0) is 30.5 Å². The summed E-state index contributed by atoms with van der Waals surface area (Å²) in [4.78, 5) is 50.7. The smallest absolute Gasteiger partial charge is 0.416 e. The molecule has 0 saturated carbocycles. The van der Waals surface area contributed by atoms with Crippen LogP contribution in [0.25, 0.3) is 16.6 Å². The first kappa shape index (κ1) is 51.1. The monoisotopic (exact) mass is 1020 g/mol. The van der Waals surface area contributed by atoms with Gasteiger partial charge in [-0.25, -0.2) is 18.1 Å². The number of rotatable bonds is 16. The number of hydrogen-bond acceptors (Lipinski definition) is 13. The molecular formula is C49H54ClF3N8O9S.